The molecule has 2 atom stereocenters. The maximum Gasteiger partial charge on any atom is 0.0595 e. The lowest BCUT2D eigenvalue weighted by Gasteiger charge is -2.35. The molecule has 0 aromatic heterocycles. The van der Waals surface area contributed by atoms with E-state index in [2.05, 4.69) is 5.32 Å². The summed E-state index contributed by atoms with van der Waals surface area (Å²) in [5, 5.41) is 14.1. The van der Waals surface area contributed by atoms with Gasteiger partial charge in [0.25, 0.3) is 0 Å². The summed E-state index contributed by atoms with van der Waals surface area (Å²) in [5.41, 5.74) is 1.17. The Balaban J connectivity index is 2.43. The summed E-state index contributed by atoms with van der Waals surface area (Å²) in [6.45, 7) is 1.08. The summed E-state index contributed by atoms with van der Waals surface area (Å²) in [4.78, 5) is 0. The van der Waals surface area contributed by atoms with Crippen LogP contribution in [0.1, 0.15) is 24.8 Å². The number of halogens is 2. The number of likely N-dealkylation sites (N-methyl/N-ethyl adjacent to an activating group) is 1. The maximum atomic E-state index is 9.63. The van der Waals surface area contributed by atoms with Crippen molar-refractivity contribution < 1.29 is 5.11 Å². The van der Waals surface area contributed by atoms with E-state index in [1.807, 2.05) is 25.2 Å². The standard InChI is InChI=1S/C14H19Cl2NO/c1-17-9-14(6-2-3-11(14)8-18)10-4-5-12(15)13(16)7-10/h4-5,7,11,17-18H,2-3,6,8-9H2,1H3/t11-,14+/m0/s1. The van der Waals surface area contributed by atoms with Crippen LogP contribution in [0.2, 0.25) is 10.0 Å². The van der Waals surface area contributed by atoms with Gasteiger partial charge in [0.2, 0.25) is 0 Å². The average Bonchev–Trinajstić information content (AvgIpc) is 2.77. The quantitative estimate of drug-likeness (QED) is 0.891. The van der Waals surface area contributed by atoms with E-state index in [1.54, 1.807) is 0 Å². The molecule has 18 heavy (non-hydrogen) atoms. The zero-order valence-corrected chi connectivity index (χ0v) is 12.1. The van der Waals surface area contributed by atoms with Crippen LogP contribution in [0, 0.1) is 5.92 Å². The van der Waals surface area contributed by atoms with Gasteiger partial charge in [-0.05, 0) is 43.5 Å². The van der Waals surface area contributed by atoms with Crippen LogP contribution < -0.4 is 5.32 Å². The zero-order chi connectivity index (χ0) is 13.2. The van der Waals surface area contributed by atoms with Gasteiger partial charge in [-0.2, -0.15) is 0 Å². The van der Waals surface area contributed by atoms with Crippen LogP contribution in [0.5, 0.6) is 0 Å². The molecule has 1 fully saturated rings. The van der Waals surface area contributed by atoms with Crippen LogP contribution in [-0.2, 0) is 5.41 Å². The molecule has 1 aliphatic carbocycles. The molecular formula is C14H19Cl2NO. The van der Waals surface area contributed by atoms with E-state index in [1.165, 1.54) is 5.56 Å². The molecule has 0 unspecified atom stereocenters. The maximum absolute atomic E-state index is 9.63. The van der Waals surface area contributed by atoms with Gasteiger partial charge in [0.1, 0.15) is 0 Å². The predicted molar refractivity (Wildman–Crippen MR) is 76.5 cm³/mol. The van der Waals surface area contributed by atoms with Gasteiger partial charge in [-0.3, -0.25) is 0 Å². The molecule has 2 rings (SSSR count). The smallest absolute Gasteiger partial charge is 0.0595 e. The van der Waals surface area contributed by atoms with E-state index < -0.39 is 0 Å². The molecule has 1 aromatic carbocycles. The Morgan fingerprint density at radius 1 is 1.39 bits per heavy atom. The monoisotopic (exact) mass is 287 g/mol. The molecule has 0 radical (unpaired) electrons. The van der Waals surface area contributed by atoms with Gasteiger partial charge >= 0.3 is 0 Å². The molecular weight excluding hydrogens is 269 g/mol. The fourth-order valence-electron chi connectivity index (χ4n) is 3.25. The van der Waals surface area contributed by atoms with Crippen LogP contribution in [0.4, 0.5) is 0 Å². The third kappa shape index (κ3) is 2.39. The van der Waals surface area contributed by atoms with E-state index >= 15 is 0 Å². The van der Waals surface area contributed by atoms with E-state index in [0.717, 1.165) is 25.8 Å². The lowest BCUT2D eigenvalue weighted by molar-refractivity contribution is 0.169. The highest BCUT2D eigenvalue weighted by atomic mass is 35.5. The molecule has 2 N–H and O–H groups in total. The van der Waals surface area contributed by atoms with Crippen LogP contribution in [0.3, 0.4) is 0 Å². The number of hydrogen-bond acceptors (Lipinski definition) is 2. The number of aliphatic hydroxyl groups excluding tert-OH is 1. The number of rotatable bonds is 4. The van der Waals surface area contributed by atoms with Gasteiger partial charge < -0.3 is 10.4 Å². The fraction of sp³-hybridized carbons (Fsp3) is 0.571. The summed E-state index contributed by atoms with van der Waals surface area (Å²) in [6, 6.07) is 5.85. The largest absolute Gasteiger partial charge is 0.396 e. The Hall–Kier alpha value is -0.280. The lowest BCUT2D eigenvalue weighted by Crippen LogP contribution is -2.41. The van der Waals surface area contributed by atoms with Crippen molar-refractivity contribution in [2.75, 3.05) is 20.2 Å². The molecule has 0 saturated heterocycles. The molecule has 0 aliphatic heterocycles. The summed E-state index contributed by atoms with van der Waals surface area (Å²) in [5.74, 6) is 0.294. The third-order valence-corrected chi connectivity index (χ3v) is 4.90. The van der Waals surface area contributed by atoms with Gasteiger partial charge in [0.15, 0.2) is 0 Å². The molecule has 1 saturated carbocycles. The Labute approximate surface area is 118 Å². The van der Waals surface area contributed by atoms with Gasteiger partial charge in [-0.15, -0.1) is 0 Å². The number of nitrogens with one attached hydrogen (secondary N) is 1. The first-order valence-electron chi connectivity index (χ1n) is 6.35. The summed E-state index contributed by atoms with van der Waals surface area (Å²) in [6.07, 6.45) is 3.29. The molecule has 100 valence electrons. The molecule has 0 bridgehead atoms. The lowest BCUT2D eigenvalue weighted by atomic mass is 9.72. The minimum Gasteiger partial charge on any atom is -0.396 e. The van der Waals surface area contributed by atoms with E-state index in [-0.39, 0.29) is 12.0 Å². The van der Waals surface area contributed by atoms with Gasteiger partial charge in [0, 0.05) is 18.6 Å². The predicted octanol–water partition coefficient (Wildman–Crippen LogP) is 3.24. The second-order valence-electron chi connectivity index (χ2n) is 5.09. The number of benzene rings is 1. The second kappa shape index (κ2) is 5.79. The van der Waals surface area contributed by atoms with Crippen molar-refractivity contribution in [3.05, 3.63) is 33.8 Å². The Morgan fingerprint density at radius 2 is 2.17 bits per heavy atom. The zero-order valence-electron chi connectivity index (χ0n) is 10.5. The highest BCUT2D eigenvalue weighted by molar-refractivity contribution is 6.42. The normalized spacial score (nSPS) is 27.7. The first-order valence-corrected chi connectivity index (χ1v) is 7.10. The SMILES string of the molecule is CNC[C@@]1(c2ccc(Cl)c(Cl)c2)CCC[C@H]1CO. The van der Waals surface area contributed by atoms with Crippen molar-refractivity contribution in [2.45, 2.75) is 24.7 Å². The molecule has 0 heterocycles. The summed E-state index contributed by atoms with van der Waals surface area (Å²) in [7, 11) is 1.95. The third-order valence-electron chi connectivity index (χ3n) is 4.16. The molecule has 0 spiro atoms. The van der Waals surface area contributed by atoms with Crippen molar-refractivity contribution >= 4 is 23.2 Å². The molecule has 2 nitrogen and oxygen atoms in total. The summed E-state index contributed by atoms with van der Waals surface area (Å²) < 4.78 is 0. The number of aliphatic hydroxyl groups is 1. The highest BCUT2D eigenvalue weighted by Gasteiger charge is 2.43. The van der Waals surface area contributed by atoms with Gasteiger partial charge in [-0.1, -0.05) is 35.7 Å². The van der Waals surface area contributed by atoms with Gasteiger partial charge in [-0.25, -0.2) is 0 Å². The van der Waals surface area contributed by atoms with Crippen molar-refractivity contribution in [3.8, 4) is 0 Å². The van der Waals surface area contributed by atoms with E-state index in [9.17, 15) is 5.11 Å². The first kappa shape index (κ1) is 14.1. The van der Waals surface area contributed by atoms with Crippen LogP contribution in [0.25, 0.3) is 0 Å². The minimum absolute atomic E-state index is 0.0161. The Morgan fingerprint density at radius 3 is 2.78 bits per heavy atom. The molecule has 0 amide bonds. The Kier molecular flexibility index (Phi) is 4.54. The van der Waals surface area contributed by atoms with Crippen LogP contribution >= 0.6 is 23.2 Å². The average molecular weight is 288 g/mol. The van der Waals surface area contributed by atoms with Crippen molar-refractivity contribution in [3.63, 3.8) is 0 Å². The van der Waals surface area contributed by atoms with E-state index in [0.29, 0.717) is 16.0 Å². The molecule has 1 aliphatic rings. The molecule has 1 aromatic rings. The number of hydrogen-bond donors (Lipinski definition) is 2. The van der Waals surface area contributed by atoms with Crippen LogP contribution in [-0.4, -0.2) is 25.3 Å². The minimum atomic E-state index is -0.0161. The summed E-state index contributed by atoms with van der Waals surface area (Å²) >= 11 is 12.1. The van der Waals surface area contributed by atoms with Crippen LogP contribution in [0.15, 0.2) is 18.2 Å². The Bertz CT molecular complexity index is 424. The van der Waals surface area contributed by atoms with Crippen molar-refractivity contribution in [1.82, 2.24) is 5.32 Å². The first-order chi connectivity index (χ1) is 8.64. The van der Waals surface area contributed by atoms with E-state index in [4.69, 9.17) is 23.2 Å². The fourth-order valence-corrected chi connectivity index (χ4v) is 3.54. The van der Waals surface area contributed by atoms with Gasteiger partial charge in [0.05, 0.1) is 10.0 Å². The second-order valence-corrected chi connectivity index (χ2v) is 5.90. The van der Waals surface area contributed by atoms with Crippen molar-refractivity contribution in [2.24, 2.45) is 5.92 Å². The molecule has 4 heteroatoms. The topological polar surface area (TPSA) is 32.3 Å². The highest BCUT2D eigenvalue weighted by Crippen LogP contribution is 2.46. The van der Waals surface area contributed by atoms with Crippen molar-refractivity contribution in [1.29, 1.82) is 0 Å².